The number of aliphatic carboxylic acids is 1. The van der Waals surface area contributed by atoms with E-state index in [0.717, 1.165) is 27.9 Å². The van der Waals surface area contributed by atoms with Crippen LogP contribution in [-0.2, 0) is 26.7 Å². The summed E-state index contributed by atoms with van der Waals surface area (Å²) in [5.41, 5.74) is -4.51. The lowest BCUT2D eigenvalue weighted by Gasteiger charge is -2.63. The fourth-order valence-electron chi connectivity index (χ4n) is 9.43. The van der Waals surface area contributed by atoms with Crippen molar-refractivity contribution >= 4 is 23.5 Å². The maximum absolute atomic E-state index is 17.5. The largest absolute Gasteiger partial charge is 0.508 e. The summed E-state index contributed by atoms with van der Waals surface area (Å²) in [6, 6.07) is 15.1. The second kappa shape index (κ2) is 10.5. The second-order valence-electron chi connectivity index (χ2n) is 13.8. The first-order chi connectivity index (χ1) is 21.3. The average molecular weight is 638 g/mol. The van der Waals surface area contributed by atoms with E-state index in [9.17, 15) is 24.9 Å². The van der Waals surface area contributed by atoms with Crippen LogP contribution in [0.2, 0.25) is 0 Å². The summed E-state index contributed by atoms with van der Waals surface area (Å²) in [6.07, 6.45) is 0.595. The van der Waals surface area contributed by atoms with E-state index in [1.54, 1.807) is 42.8 Å². The van der Waals surface area contributed by atoms with Crippen LogP contribution in [0.25, 0.3) is 0 Å². The van der Waals surface area contributed by atoms with E-state index in [4.69, 9.17) is 4.84 Å². The average Bonchev–Trinajstić information content (AvgIpc) is 3.48. The molecule has 10 heteroatoms. The van der Waals surface area contributed by atoms with Gasteiger partial charge in [-0.2, -0.15) is 5.06 Å². The highest BCUT2D eigenvalue weighted by Crippen LogP contribution is 2.72. The van der Waals surface area contributed by atoms with Crippen molar-refractivity contribution in [2.45, 2.75) is 73.8 Å². The van der Waals surface area contributed by atoms with Gasteiger partial charge in [-0.25, -0.2) is 13.6 Å². The molecule has 1 aliphatic heterocycles. The van der Waals surface area contributed by atoms with Crippen LogP contribution in [0, 0.1) is 28.6 Å². The third-order valence-corrected chi connectivity index (χ3v) is 12.7. The summed E-state index contributed by atoms with van der Waals surface area (Å²) in [5, 5.41) is 33.5. The van der Waals surface area contributed by atoms with Crippen LogP contribution in [0.4, 0.5) is 8.78 Å². The molecule has 1 saturated heterocycles. The van der Waals surface area contributed by atoms with Crippen molar-refractivity contribution in [3.8, 4) is 5.75 Å². The zero-order chi connectivity index (χ0) is 31.9. The van der Waals surface area contributed by atoms with E-state index in [-0.39, 0.29) is 24.2 Å². The van der Waals surface area contributed by atoms with Crippen LogP contribution in [0.1, 0.15) is 44.2 Å². The number of phenols is 1. The van der Waals surface area contributed by atoms with E-state index in [0.29, 0.717) is 19.5 Å². The van der Waals surface area contributed by atoms with E-state index < -0.39 is 63.9 Å². The number of alkyl halides is 2. The first-order valence-corrected chi connectivity index (χ1v) is 16.4. The number of carbonyl (C=O) groups is 2. The normalized spacial score (nSPS) is 40.3. The number of benzene rings is 2. The number of halogens is 2. The SMILES string of the molecule is C[C@]12C=CC(=O)C=C1[C@@H](F)C[C@H]1[C@@H]3C[C@H]4CN(Cc5ccc(CSc6ccc(O)cc6)cc5)O[C@@]4(C(=O)O)[C@@]3(C)C[C@H](O)[C@@]12F. The summed E-state index contributed by atoms with van der Waals surface area (Å²) in [6.45, 7) is 3.98. The topological polar surface area (TPSA) is 107 Å². The Morgan fingerprint density at radius 2 is 1.76 bits per heavy atom. The van der Waals surface area contributed by atoms with Crippen molar-refractivity contribution in [1.29, 1.82) is 0 Å². The molecular formula is C35H37F2NO6S. The molecule has 0 aromatic heterocycles. The van der Waals surface area contributed by atoms with Crippen LogP contribution >= 0.6 is 11.8 Å². The quantitative estimate of drug-likeness (QED) is 0.342. The summed E-state index contributed by atoms with van der Waals surface area (Å²) in [5.74, 6) is -2.55. The highest BCUT2D eigenvalue weighted by molar-refractivity contribution is 7.98. The molecule has 9 atom stereocenters. The van der Waals surface area contributed by atoms with Gasteiger partial charge in [0.25, 0.3) is 0 Å². The molecule has 4 aliphatic carbocycles. The molecule has 0 radical (unpaired) electrons. The van der Waals surface area contributed by atoms with Gasteiger partial charge in [0.15, 0.2) is 17.1 Å². The number of hydrogen-bond donors (Lipinski definition) is 3. The summed E-state index contributed by atoms with van der Waals surface area (Å²) in [4.78, 5) is 32.7. The van der Waals surface area contributed by atoms with Gasteiger partial charge in [0.1, 0.15) is 11.9 Å². The number of allylic oxidation sites excluding steroid dienone is 4. The maximum Gasteiger partial charge on any atom is 0.339 e. The molecule has 1 heterocycles. The van der Waals surface area contributed by atoms with Gasteiger partial charge in [-0.3, -0.25) is 9.63 Å². The smallest absolute Gasteiger partial charge is 0.339 e. The third kappa shape index (κ3) is 4.32. The first-order valence-electron chi connectivity index (χ1n) is 15.5. The Morgan fingerprint density at radius 3 is 2.44 bits per heavy atom. The highest BCUT2D eigenvalue weighted by Gasteiger charge is 2.80. The minimum Gasteiger partial charge on any atom is -0.508 e. The molecule has 4 fully saturated rings. The van der Waals surface area contributed by atoms with Gasteiger partial charge < -0.3 is 15.3 Å². The number of ketones is 1. The van der Waals surface area contributed by atoms with Crippen molar-refractivity contribution in [3.63, 3.8) is 0 Å². The molecule has 45 heavy (non-hydrogen) atoms. The fraction of sp³-hybridized carbons (Fsp3) is 0.486. The number of rotatable bonds is 6. The number of nitrogens with zero attached hydrogens (tertiary/aromatic N) is 1. The second-order valence-corrected chi connectivity index (χ2v) is 14.9. The van der Waals surface area contributed by atoms with E-state index in [2.05, 4.69) is 0 Å². The van der Waals surface area contributed by atoms with Crippen molar-refractivity contribution in [2.24, 2.45) is 28.6 Å². The van der Waals surface area contributed by atoms with Crippen molar-refractivity contribution in [2.75, 3.05) is 6.54 Å². The molecule has 2 aromatic carbocycles. The van der Waals surface area contributed by atoms with Gasteiger partial charge in [-0.05, 0) is 85.2 Å². The van der Waals surface area contributed by atoms with Crippen molar-refractivity contribution < 1.29 is 38.5 Å². The molecule has 2 aromatic rings. The molecule has 3 N–H and O–H groups in total. The standard InChI is InChI=1S/C35H37F2NO6S/c1-32-12-11-24(40)14-28(32)29(36)15-27-26-13-22-18-38(44-35(22,31(42)43)33(26,2)16-30(41)34(27,32)37)17-20-3-5-21(6-4-20)19-45-25-9-7-23(39)8-10-25/h3-12,14,22,26-27,29-30,39,41H,13,15-19H2,1-2H3,(H,42,43)/t22-,26-,27-,29-,30-,32-,33-,34-,35-/m0/s1. The lowest BCUT2D eigenvalue weighted by Crippen LogP contribution is -2.70. The highest BCUT2D eigenvalue weighted by atomic mass is 32.2. The van der Waals surface area contributed by atoms with Gasteiger partial charge in [0, 0.05) is 46.4 Å². The zero-order valence-corrected chi connectivity index (χ0v) is 26.0. The molecule has 0 amide bonds. The number of aromatic hydroxyl groups is 1. The number of aliphatic hydroxyl groups excluding tert-OH is 1. The minimum absolute atomic E-state index is 0.0509. The molecule has 7 rings (SSSR count). The Hall–Kier alpha value is -3.05. The van der Waals surface area contributed by atoms with Crippen LogP contribution < -0.4 is 0 Å². The van der Waals surface area contributed by atoms with Gasteiger partial charge in [0.05, 0.1) is 6.10 Å². The molecule has 7 nitrogen and oxygen atoms in total. The number of phenolic OH excluding ortho intramolecular Hbond substituents is 1. The Kier molecular flexibility index (Phi) is 7.13. The number of carbonyl (C=O) groups excluding carboxylic acids is 1. The van der Waals surface area contributed by atoms with Crippen LogP contribution in [0.15, 0.2) is 77.2 Å². The van der Waals surface area contributed by atoms with E-state index in [1.165, 1.54) is 12.2 Å². The predicted octanol–water partition coefficient (Wildman–Crippen LogP) is 5.80. The number of thioether (sulfide) groups is 1. The number of hydroxylamine groups is 2. The molecule has 3 saturated carbocycles. The maximum atomic E-state index is 17.5. The summed E-state index contributed by atoms with van der Waals surface area (Å²) in [7, 11) is 0. The minimum atomic E-state index is -2.26. The molecule has 0 bridgehead atoms. The van der Waals surface area contributed by atoms with Gasteiger partial charge in [-0.15, -0.1) is 11.8 Å². The first kappa shape index (κ1) is 30.6. The molecule has 238 valence electrons. The number of carboxylic acid groups (broad SMARTS) is 1. The third-order valence-electron chi connectivity index (χ3n) is 11.6. The number of fused-ring (bicyclic) bond motifs is 7. The van der Waals surface area contributed by atoms with E-state index >= 15 is 8.78 Å². The lowest BCUT2D eigenvalue weighted by atomic mass is 9.44. The Labute approximate surface area is 264 Å². The van der Waals surface area contributed by atoms with E-state index in [1.807, 2.05) is 36.4 Å². The Bertz CT molecular complexity index is 1600. The van der Waals surface area contributed by atoms with Crippen LogP contribution in [0.5, 0.6) is 5.75 Å². The Morgan fingerprint density at radius 1 is 1.07 bits per heavy atom. The monoisotopic (exact) mass is 637 g/mol. The molecule has 5 aliphatic rings. The zero-order valence-electron chi connectivity index (χ0n) is 25.2. The van der Waals surface area contributed by atoms with Crippen molar-refractivity contribution in [1.82, 2.24) is 5.06 Å². The lowest BCUT2D eigenvalue weighted by molar-refractivity contribution is -0.275. The van der Waals surface area contributed by atoms with Gasteiger partial charge in [0.2, 0.25) is 0 Å². The molecule has 0 spiro atoms. The summed E-state index contributed by atoms with van der Waals surface area (Å²) >= 11 is 1.65. The van der Waals surface area contributed by atoms with Gasteiger partial charge in [-0.1, -0.05) is 37.3 Å². The summed E-state index contributed by atoms with van der Waals surface area (Å²) < 4.78 is 33.2. The molecular weight excluding hydrogens is 600 g/mol. The van der Waals surface area contributed by atoms with Crippen LogP contribution in [0.3, 0.4) is 0 Å². The van der Waals surface area contributed by atoms with Crippen molar-refractivity contribution in [3.05, 3.63) is 83.5 Å². The number of carboxylic acids is 1. The fourth-order valence-corrected chi connectivity index (χ4v) is 10.3. The molecule has 0 unspecified atom stereocenters. The Balaban J connectivity index is 1.11. The van der Waals surface area contributed by atoms with Gasteiger partial charge >= 0.3 is 5.97 Å². The number of hydrogen-bond acceptors (Lipinski definition) is 7. The predicted molar refractivity (Wildman–Crippen MR) is 163 cm³/mol. The van der Waals surface area contributed by atoms with Crippen LogP contribution in [-0.4, -0.2) is 62.2 Å². The number of aliphatic hydroxyl groups is 1.